The Balaban J connectivity index is 2.94. The first kappa shape index (κ1) is 14.0. The van der Waals surface area contributed by atoms with E-state index in [1.165, 1.54) is 0 Å². The number of rotatable bonds is 3. The molecule has 0 aliphatic rings. The van der Waals surface area contributed by atoms with Crippen molar-refractivity contribution in [3.63, 3.8) is 0 Å². The molecule has 96 valence electrons. The summed E-state index contributed by atoms with van der Waals surface area (Å²) in [7, 11) is 0. The van der Waals surface area contributed by atoms with Crippen molar-refractivity contribution < 1.29 is 22.4 Å². The first-order chi connectivity index (χ1) is 8.36. The van der Waals surface area contributed by atoms with Crippen LogP contribution in [0, 0.1) is 18.2 Å². The summed E-state index contributed by atoms with van der Waals surface area (Å²) >= 11 is 0. The van der Waals surface area contributed by atoms with Crippen LogP contribution in [0.25, 0.3) is 0 Å². The molecule has 0 spiro atoms. The molecule has 0 unspecified atom stereocenters. The molecule has 0 heterocycles. The molecule has 0 saturated carbocycles. The quantitative estimate of drug-likeness (QED) is 0.504. The fourth-order valence-corrected chi connectivity index (χ4v) is 1.22. The molecule has 0 aliphatic heterocycles. The highest BCUT2D eigenvalue weighted by Gasteiger charge is 2.31. The van der Waals surface area contributed by atoms with E-state index in [1.54, 1.807) is 0 Å². The molecule has 6 heteroatoms. The topological polar surface area (TPSA) is 29.1 Å². The van der Waals surface area contributed by atoms with Crippen LogP contribution in [-0.4, -0.2) is 12.5 Å². The molecule has 2 nitrogen and oxygen atoms in total. The van der Waals surface area contributed by atoms with E-state index in [4.69, 9.17) is 6.42 Å². The molecule has 0 bridgehead atoms. The summed E-state index contributed by atoms with van der Waals surface area (Å²) in [6.07, 6.45) is 0.532. The lowest BCUT2D eigenvalue weighted by Gasteiger charge is -2.09. The zero-order chi connectivity index (χ0) is 13.8. The Hall–Kier alpha value is -2.03. The maximum atomic E-state index is 13.2. The first-order valence-electron chi connectivity index (χ1n) is 4.94. The molecule has 1 N–H and O–H groups in total. The summed E-state index contributed by atoms with van der Waals surface area (Å²) in [5, 5.41) is 2.23. The van der Waals surface area contributed by atoms with E-state index in [1.807, 2.05) is 0 Å². The molecule has 0 aromatic heterocycles. The van der Waals surface area contributed by atoms with Gasteiger partial charge in [0, 0.05) is 13.0 Å². The van der Waals surface area contributed by atoms with Crippen molar-refractivity contribution in [3.8, 4) is 12.3 Å². The monoisotopic (exact) mass is 259 g/mol. The zero-order valence-electron chi connectivity index (χ0n) is 9.14. The SMILES string of the molecule is C#CCCNC(=O)c1cc(C(F)(F)F)ccc1F. The maximum absolute atomic E-state index is 13.2. The average Bonchev–Trinajstić information content (AvgIpc) is 2.28. The molecule has 1 aromatic carbocycles. The Kier molecular flexibility index (Phi) is 4.32. The summed E-state index contributed by atoms with van der Waals surface area (Å²) in [4.78, 5) is 11.4. The van der Waals surface area contributed by atoms with Crippen LogP contribution in [0.1, 0.15) is 22.3 Å². The van der Waals surface area contributed by atoms with Crippen LogP contribution in [-0.2, 0) is 6.18 Å². The smallest absolute Gasteiger partial charge is 0.351 e. The highest BCUT2D eigenvalue weighted by atomic mass is 19.4. The summed E-state index contributed by atoms with van der Waals surface area (Å²) in [5.41, 5.74) is -1.73. The van der Waals surface area contributed by atoms with E-state index in [2.05, 4.69) is 11.2 Å². The van der Waals surface area contributed by atoms with Crippen LogP contribution in [0.2, 0.25) is 0 Å². The third-order valence-electron chi connectivity index (χ3n) is 2.09. The van der Waals surface area contributed by atoms with Crippen molar-refractivity contribution in [1.82, 2.24) is 5.32 Å². The van der Waals surface area contributed by atoms with Gasteiger partial charge in [-0.2, -0.15) is 13.2 Å². The van der Waals surface area contributed by atoms with E-state index in [-0.39, 0.29) is 13.0 Å². The number of carbonyl (C=O) groups excluding carboxylic acids is 1. The predicted molar refractivity (Wildman–Crippen MR) is 57.2 cm³/mol. The third kappa shape index (κ3) is 3.48. The van der Waals surface area contributed by atoms with Crippen LogP contribution < -0.4 is 5.32 Å². The van der Waals surface area contributed by atoms with Gasteiger partial charge in [0.15, 0.2) is 0 Å². The third-order valence-corrected chi connectivity index (χ3v) is 2.09. The minimum absolute atomic E-state index is 0.0744. The number of nitrogens with one attached hydrogen (secondary N) is 1. The van der Waals surface area contributed by atoms with Gasteiger partial charge in [-0.1, -0.05) is 0 Å². The largest absolute Gasteiger partial charge is 0.416 e. The van der Waals surface area contributed by atoms with E-state index in [0.29, 0.717) is 18.2 Å². The second-order valence-corrected chi connectivity index (χ2v) is 3.40. The normalized spacial score (nSPS) is 10.8. The summed E-state index contributed by atoms with van der Waals surface area (Å²) in [6.45, 7) is 0.0744. The van der Waals surface area contributed by atoms with Crippen molar-refractivity contribution in [2.75, 3.05) is 6.54 Å². The summed E-state index contributed by atoms with van der Waals surface area (Å²) in [5.74, 6) is 0.301. The molecule has 1 aromatic rings. The van der Waals surface area contributed by atoms with Gasteiger partial charge in [-0.05, 0) is 18.2 Å². The average molecular weight is 259 g/mol. The van der Waals surface area contributed by atoms with E-state index in [9.17, 15) is 22.4 Å². The van der Waals surface area contributed by atoms with Gasteiger partial charge in [-0.25, -0.2) is 4.39 Å². The van der Waals surface area contributed by atoms with E-state index in [0.717, 1.165) is 0 Å². The van der Waals surface area contributed by atoms with Gasteiger partial charge in [0.25, 0.3) is 5.91 Å². The number of alkyl halides is 3. The standard InChI is InChI=1S/C12H9F4NO/c1-2-3-6-17-11(18)9-7-8(12(14,15)16)4-5-10(9)13/h1,4-5,7H,3,6H2,(H,17,18). The molecule has 1 rings (SSSR count). The minimum atomic E-state index is -4.62. The Morgan fingerprint density at radius 3 is 2.61 bits per heavy atom. The van der Waals surface area contributed by atoms with Gasteiger partial charge in [0.1, 0.15) is 5.82 Å². The highest BCUT2D eigenvalue weighted by molar-refractivity contribution is 5.94. The second kappa shape index (κ2) is 5.54. The van der Waals surface area contributed by atoms with Gasteiger partial charge in [-0.3, -0.25) is 4.79 Å². The molecule has 0 saturated heterocycles. The van der Waals surface area contributed by atoms with Crippen molar-refractivity contribution in [2.24, 2.45) is 0 Å². The molecule has 0 radical (unpaired) electrons. The Labute approximate surface area is 101 Å². The van der Waals surface area contributed by atoms with Gasteiger partial charge >= 0.3 is 6.18 Å². The Morgan fingerprint density at radius 2 is 2.06 bits per heavy atom. The van der Waals surface area contributed by atoms with Gasteiger partial charge < -0.3 is 5.32 Å². The van der Waals surface area contributed by atoms with E-state index >= 15 is 0 Å². The number of terminal acetylenes is 1. The number of halogens is 4. The zero-order valence-corrected chi connectivity index (χ0v) is 9.14. The molecule has 0 atom stereocenters. The van der Waals surface area contributed by atoms with Crippen molar-refractivity contribution >= 4 is 5.91 Å². The second-order valence-electron chi connectivity index (χ2n) is 3.40. The fraction of sp³-hybridized carbons (Fsp3) is 0.250. The molecule has 0 aliphatic carbocycles. The van der Waals surface area contributed by atoms with Crippen molar-refractivity contribution in [3.05, 3.63) is 35.1 Å². The van der Waals surface area contributed by atoms with Gasteiger partial charge in [0.05, 0.1) is 11.1 Å². The minimum Gasteiger partial charge on any atom is -0.351 e. The van der Waals surface area contributed by atoms with Gasteiger partial charge in [-0.15, -0.1) is 12.3 Å². The first-order valence-corrected chi connectivity index (χ1v) is 4.94. The molecule has 0 fully saturated rings. The fourth-order valence-electron chi connectivity index (χ4n) is 1.22. The lowest BCUT2D eigenvalue weighted by Crippen LogP contribution is -2.25. The molecule has 18 heavy (non-hydrogen) atoms. The Bertz CT molecular complexity index is 488. The van der Waals surface area contributed by atoms with Crippen molar-refractivity contribution in [2.45, 2.75) is 12.6 Å². The molecular formula is C12H9F4NO. The van der Waals surface area contributed by atoms with E-state index < -0.39 is 29.0 Å². The molecule has 1 amide bonds. The Morgan fingerprint density at radius 1 is 1.39 bits per heavy atom. The number of hydrogen-bond acceptors (Lipinski definition) is 1. The van der Waals surface area contributed by atoms with Crippen LogP contribution in [0.4, 0.5) is 17.6 Å². The maximum Gasteiger partial charge on any atom is 0.416 e. The number of hydrogen-bond donors (Lipinski definition) is 1. The van der Waals surface area contributed by atoms with Crippen LogP contribution >= 0.6 is 0 Å². The highest BCUT2D eigenvalue weighted by Crippen LogP contribution is 2.30. The summed E-state index contributed by atoms with van der Waals surface area (Å²) < 4.78 is 50.4. The van der Waals surface area contributed by atoms with Crippen LogP contribution in [0.3, 0.4) is 0 Å². The van der Waals surface area contributed by atoms with Gasteiger partial charge in [0.2, 0.25) is 0 Å². The lowest BCUT2D eigenvalue weighted by atomic mass is 10.1. The lowest BCUT2D eigenvalue weighted by molar-refractivity contribution is -0.137. The summed E-state index contributed by atoms with van der Waals surface area (Å²) in [6, 6.07) is 1.66. The predicted octanol–water partition coefficient (Wildman–Crippen LogP) is 2.60. The van der Waals surface area contributed by atoms with Crippen LogP contribution in [0.5, 0.6) is 0 Å². The molecular weight excluding hydrogens is 250 g/mol. The number of benzene rings is 1. The number of amides is 1. The van der Waals surface area contributed by atoms with Crippen molar-refractivity contribution in [1.29, 1.82) is 0 Å². The number of carbonyl (C=O) groups is 1. The van der Waals surface area contributed by atoms with Crippen LogP contribution in [0.15, 0.2) is 18.2 Å².